The average molecular weight is 1000 g/mol. The molecule has 0 unspecified atom stereocenters. The molecule has 0 aliphatic heterocycles. The summed E-state index contributed by atoms with van der Waals surface area (Å²) in [5.41, 5.74) is 20.8. The smallest absolute Gasteiger partial charge is 0.201 e. The predicted molar refractivity (Wildman–Crippen MR) is 315 cm³/mol. The molecule has 4 heteroatoms. The van der Waals surface area contributed by atoms with E-state index in [1.54, 1.807) is 37.6 Å². The summed E-state index contributed by atoms with van der Waals surface area (Å²) in [6.45, 7) is 23.7. The molecule has 0 atom stereocenters. The predicted octanol–water partition coefficient (Wildman–Crippen LogP) is 15.6. The number of benzene rings is 4. The van der Waals surface area contributed by atoms with Crippen molar-refractivity contribution in [2.75, 3.05) is 0 Å². The summed E-state index contributed by atoms with van der Waals surface area (Å²) < 4.78 is 94.1. The first kappa shape index (κ1) is 43.8. The lowest BCUT2D eigenvalue weighted by molar-refractivity contribution is -0.661. The van der Waals surface area contributed by atoms with E-state index in [1.165, 1.54) is 84.8 Å². The molecule has 0 spiro atoms. The summed E-state index contributed by atoms with van der Waals surface area (Å²) in [5.74, 6) is 0. The van der Waals surface area contributed by atoms with Gasteiger partial charge in [-0.15, -0.1) is 0 Å². The van der Waals surface area contributed by atoms with Crippen LogP contribution in [0.15, 0.2) is 134 Å². The van der Waals surface area contributed by atoms with Crippen molar-refractivity contribution in [2.24, 2.45) is 39.0 Å². The lowest BCUT2D eigenvalue weighted by Crippen LogP contribution is -2.32. The van der Waals surface area contributed by atoms with Gasteiger partial charge in [0.25, 0.3) is 0 Å². The van der Waals surface area contributed by atoms with Crippen LogP contribution in [0.25, 0.3) is 45.0 Å². The first-order valence-electron chi connectivity index (χ1n) is 31.3. The Bertz CT molecular complexity index is 3690. The lowest BCUT2D eigenvalue weighted by atomic mass is 9.88. The van der Waals surface area contributed by atoms with Crippen LogP contribution in [0.1, 0.15) is 135 Å². The van der Waals surface area contributed by atoms with Crippen LogP contribution in [-0.2, 0) is 41.0 Å². The van der Waals surface area contributed by atoms with E-state index in [-0.39, 0.29) is 16.7 Å². The second kappa shape index (κ2) is 24.7. The van der Waals surface area contributed by atoms with Crippen molar-refractivity contribution in [1.29, 1.82) is 0 Å². The number of pyridine rings is 4. The zero-order valence-electron chi connectivity index (χ0n) is 59.2. The molecule has 0 amide bonds. The Morgan fingerprint density at radius 1 is 0.351 bits per heavy atom. The Labute approximate surface area is 465 Å². The Balaban J connectivity index is 0.000000210. The van der Waals surface area contributed by atoms with Crippen molar-refractivity contribution < 1.29 is 33.3 Å². The molecule has 0 saturated heterocycles. The zero-order valence-corrected chi connectivity index (χ0v) is 48.2. The number of aryl methyl sites for hydroxylation is 12. The van der Waals surface area contributed by atoms with Crippen molar-refractivity contribution in [2.45, 2.75) is 137 Å². The second-order valence-electron chi connectivity index (χ2n) is 22.5. The van der Waals surface area contributed by atoms with E-state index in [2.05, 4.69) is 172 Å². The molecule has 8 rings (SSSR count). The van der Waals surface area contributed by atoms with Gasteiger partial charge in [0.15, 0.2) is 24.8 Å². The number of aromatic nitrogens is 4. The fourth-order valence-electron chi connectivity index (χ4n) is 9.17. The van der Waals surface area contributed by atoms with Crippen LogP contribution in [0.2, 0.25) is 0 Å². The number of rotatable bonds is 6. The molecule has 0 fully saturated rings. The molecule has 4 aromatic heterocycles. The number of hydrogen-bond acceptors (Lipinski definition) is 0. The summed E-state index contributed by atoms with van der Waals surface area (Å²) in [7, 11) is 7.91. The maximum Gasteiger partial charge on any atom is 0.212 e. The van der Waals surface area contributed by atoms with E-state index >= 15 is 0 Å². The van der Waals surface area contributed by atoms with Crippen LogP contribution in [0.5, 0.6) is 0 Å². The van der Waals surface area contributed by atoms with Crippen LogP contribution < -0.4 is 18.3 Å². The van der Waals surface area contributed by atoms with E-state index in [0.717, 1.165) is 17.7 Å². The van der Waals surface area contributed by atoms with E-state index in [0.29, 0.717) is 27.8 Å². The third-order valence-electron chi connectivity index (χ3n) is 13.7. The molecule has 388 valence electrons. The monoisotopic (exact) mass is 1000 g/mol. The van der Waals surface area contributed by atoms with Crippen molar-refractivity contribution in [1.82, 2.24) is 0 Å². The van der Waals surface area contributed by atoms with Gasteiger partial charge in [-0.1, -0.05) is 90.1 Å². The molecule has 74 heavy (non-hydrogen) atoms. The van der Waals surface area contributed by atoms with Gasteiger partial charge >= 0.3 is 0 Å². The van der Waals surface area contributed by atoms with Gasteiger partial charge in [0.1, 0.15) is 28.2 Å². The molecule has 4 heterocycles. The third-order valence-corrected chi connectivity index (χ3v) is 13.7. The second-order valence-corrected chi connectivity index (χ2v) is 22.5. The normalized spacial score (nSPS) is 14.1. The molecule has 4 nitrogen and oxygen atoms in total. The van der Waals surface area contributed by atoms with Gasteiger partial charge in [0, 0.05) is 83.9 Å². The highest BCUT2D eigenvalue weighted by molar-refractivity contribution is 5.66. The Morgan fingerprint density at radius 3 is 1.24 bits per heavy atom. The fourth-order valence-corrected chi connectivity index (χ4v) is 9.17. The van der Waals surface area contributed by atoms with Gasteiger partial charge in [-0.25, -0.2) is 18.3 Å². The topological polar surface area (TPSA) is 15.5 Å². The van der Waals surface area contributed by atoms with Gasteiger partial charge in [0.2, 0.25) is 22.8 Å². The van der Waals surface area contributed by atoms with E-state index in [4.69, 9.17) is 15.1 Å². The minimum absolute atomic E-state index is 0.183. The summed E-state index contributed by atoms with van der Waals surface area (Å²) in [6, 6.07) is 36.6. The molecule has 8 aromatic rings. The highest BCUT2D eigenvalue weighted by atomic mass is 14.9. The van der Waals surface area contributed by atoms with Crippen LogP contribution in [-0.4, -0.2) is 0 Å². The van der Waals surface area contributed by atoms with Gasteiger partial charge in [-0.2, -0.15) is 0 Å². The summed E-state index contributed by atoms with van der Waals surface area (Å²) >= 11 is 0. The van der Waals surface area contributed by atoms with Crippen molar-refractivity contribution in [3.63, 3.8) is 0 Å². The highest BCUT2D eigenvalue weighted by Gasteiger charge is 2.20. The van der Waals surface area contributed by atoms with Crippen LogP contribution in [0.3, 0.4) is 0 Å². The van der Waals surface area contributed by atoms with E-state index in [9.17, 15) is 0 Å². The summed E-state index contributed by atoms with van der Waals surface area (Å²) in [6.07, 6.45) is 7.62. The largest absolute Gasteiger partial charge is 0.212 e. The maximum atomic E-state index is 8.39. The Hall–Kier alpha value is -6.52. The average Bonchev–Trinajstić information content (AvgIpc) is 1.19. The number of nitrogens with zero attached hydrogens (tertiary/aromatic N) is 4. The fraction of sp³-hybridized carbons (Fsp3) is 0.371. The van der Waals surface area contributed by atoms with Gasteiger partial charge in [-0.05, 0) is 199 Å². The van der Waals surface area contributed by atoms with Gasteiger partial charge in [0.05, 0.1) is 0 Å². The van der Waals surface area contributed by atoms with Crippen molar-refractivity contribution in [3.8, 4) is 45.0 Å². The zero-order chi connectivity index (χ0) is 64.3. The Morgan fingerprint density at radius 2 is 0.784 bits per heavy atom. The first-order valence-corrected chi connectivity index (χ1v) is 25.8. The molecule has 4 aromatic carbocycles. The standard InChI is InChI=1S/2C18H24N.2C17H22N/c2*1-14-8-6-7-9-16(14)17-11-10-15(13-19(17)5)12-18(2,3)4;2*1-11-7-8-16(15(5)14(11)4)17-9-12(2)13(3)10-18(17)6/h2*6-11,13H,12H2,1-5H3;2*7-10H,1-6H3/q4*+1/i12D2;;1D3,3D3,4D3;. The SMILES string of the molecule is Cc1cc(-c2ccc(C)c(C)c2C)[n+](C)cc1C.Cc1ccccc1-c1ccc(CC(C)(C)C)c[n+]1C.[2H]C([2H])([2H])c1c[n+](C)c(-c2ccc(C([2H])([2H])[2H])c(C([2H])([2H])[2H])c2C)cc1C.[2H]C([2H])(c1ccc(-c2ccccc2C)[n+](C)c1)C(C)(C)C. The van der Waals surface area contributed by atoms with E-state index in [1.807, 2.05) is 62.8 Å². The molecular weight excluding hydrogens is 897 g/mol. The molecule has 0 N–H and O–H groups in total. The minimum Gasteiger partial charge on any atom is -0.201 e. The Kier molecular flexibility index (Phi) is 14.6. The van der Waals surface area contributed by atoms with Crippen LogP contribution in [0, 0.1) is 93.7 Å². The molecule has 0 aliphatic carbocycles. The van der Waals surface area contributed by atoms with E-state index < -0.39 is 32.3 Å². The molecule has 0 bridgehead atoms. The van der Waals surface area contributed by atoms with Gasteiger partial charge < -0.3 is 0 Å². The lowest BCUT2D eigenvalue weighted by Gasteiger charge is -2.17. The minimum atomic E-state index is -2.59. The molecule has 0 aliphatic rings. The summed E-state index contributed by atoms with van der Waals surface area (Å²) in [5, 5.41) is 0. The van der Waals surface area contributed by atoms with Crippen molar-refractivity contribution >= 4 is 0 Å². The van der Waals surface area contributed by atoms with Crippen LogP contribution >= 0.6 is 0 Å². The molecule has 0 saturated carbocycles. The quantitative estimate of drug-likeness (QED) is 0.148. The van der Waals surface area contributed by atoms with Crippen molar-refractivity contribution in [3.05, 3.63) is 212 Å². The summed E-state index contributed by atoms with van der Waals surface area (Å²) in [4.78, 5) is 0. The first-order chi connectivity index (χ1) is 39.0. The highest BCUT2D eigenvalue weighted by Crippen LogP contribution is 2.29. The maximum absolute atomic E-state index is 8.39. The third kappa shape index (κ3) is 15.3. The van der Waals surface area contributed by atoms with Gasteiger partial charge in [-0.3, -0.25) is 0 Å². The molecule has 0 radical (unpaired) electrons. The number of hydrogen-bond donors (Lipinski definition) is 0. The molecular formula is C70H92N4+4. The van der Waals surface area contributed by atoms with Crippen LogP contribution in [0.4, 0.5) is 0 Å².